The van der Waals surface area contributed by atoms with E-state index in [0.29, 0.717) is 24.7 Å². The van der Waals surface area contributed by atoms with Crippen LogP contribution in [0.1, 0.15) is 85.0 Å². The Balaban J connectivity index is 1.54. The monoisotopic (exact) mass is 501 g/mol. The smallest absolute Gasteiger partial charge is 0.306 e. The van der Waals surface area contributed by atoms with Crippen molar-refractivity contribution in [3.63, 3.8) is 0 Å². The molecule has 0 heterocycles. The Bertz CT molecular complexity index is 986. The van der Waals surface area contributed by atoms with E-state index in [1.807, 2.05) is 6.08 Å². The van der Waals surface area contributed by atoms with Crippen molar-refractivity contribution >= 4 is 29.4 Å². The molecule has 0 saturated heterocycles. The van der Waals surface area contributed by atoms with E-state index < -0.39 is 11.9 Å². The first-order chi connectivity index (χ1) is 17.0. The van der Waals surface area contributed by atoms with Gasteiger partial charge in [0.25, 0.3) is 0 Å². The molecule has 0 spiro atoms. The minimum Gasteiger partial charge on any atom is -0.481 e. The number of hydrogen-bond donors (Lipinski definition) is 2. The van der Waals surface area contributed by atoms with Crippen LogP contribution in [-0.2, 0) is 28.7 Å². The van der Waals surface area contributed by atoms with Gasteiger partial charge in [-0.3, -0.25) is 24.0 Å². The molecular weight excluding hydrogens is 462 g/mol. The number of carbonyl (C=O) groups is 5. The molecule has 3 saturated carbocycles. The van der Waals surface area contributed by atoms with E-state index in [1.54, 1.807) is 6.92 Å². The number of carboxylic acid groups (broad SMARTS) is 1. The van der Waals surface area contributed by atoms with Crippen LogP contribution in [0.15, 0.2) is 11.6 Å². The van der Waals surface area contributed by atoms with Crippen molar-refractivity contribution in [2.24, 2.45) is 34.5 Å². The zero-order valence-corrected chi connectivity index (χ0v) is 21.6. The average molecular weight is 502 g/mol. The molecule has 36 heavy (non-hydrogen) atoms. The van der Waals surface area contributed by atoms with Crippen LogP contribution in [0, 0.1) is 34.5 Å². The van der Waals surface area contributed by atoms with Crippen molar-refractivity contribution in [1.29, 1.82) is 0 Å². The lowest BCUT2D eigenvalue weighted by Crippen LogP contribution is -2.58. The van der Waals surface area contributed by atoms with E-state index in [-0.39, 0.29) is 72.1 Å². The van der Waals surface area contributed by atoms with Gasteiger partial charge in [0, 0.05) is 31.2 Å². The van der Waals surface area contributed by atoms with Crippen LogP contribution < -0.4 is 5.32 Å². The summed E-state index contributed by atoms with van der Waals surface area (Å²) in [7, 11) is 0. The number of hydrogen-bond acceptors (Lipinski definition) is 6. The van der Waals surface area contributed by atoms with Crippen LogP contribution in [-0.4, -0.2) is 47.2 Å². The lowest BCUT2D eigenvalue weighted by Gasteiger charge is -2.60. The van der Waals surface area contributed by atoms with Crippen LogP contribution in [0.3, 0.4) is 0 Å². The first-order valence-electron chi connectivity index (χ1n) is 13.4. The zero-order chi connectivity index (χ0) is 26.3. The molecule has 0 aliphatic heterocycles. The van der Waals surface area contributed by atoms with Gasteiger partial charge in [0.2, 0.25) is 5.91 Å². The molecular formula is C28H39NO7. The first-order valence-corrected chi connectivity index (χ1v) is 13.4. The molecule has 0 bridgehead atoms. The predicted octanol–water partition coefficient (Wildman–Crippen LogP) is 3.62. The molecule has 0 aromatic heterocycles. The summed E-state index contributed by atoms with van der Waals surface area (Å²) < 4.78 is 6.16. The van der Waals surface area contributed by atoms with Gasteiger partial charge in [0.05, 0.1) is 12.8 Å². The number of amides is 1. The summed E-state index contributed by atoms with van der Waals surface area (Å²) in [6.07, 6.45) is 6.68. The second-order valence-electron chi connectivity index (χ2n) is 11.9. The van der Waals surface area contributed by atoms with Crippen molar-refractivity contribution in [3.8, 4) is 0 Å². The van der Waals surface area contributed by atoms with Crippen LogP contribution in [0.4, 0.5) is 0 Å². The van der Waals surface area contributed by atoms with Gasteiger partial charge in [-0.25, -0.2) is 0 Å². The molecule has 4 aliphatic rings. The molecule has 198 valence electrons. The number of carbonyl (C=O) groups excluding carboxylic acids is 4. The fourth-order valence-electron chi connectivity index (χ4n) is 8.27. The number of fused-ring (bicyclic) bond motifs is 5. The van der Waals surface area contributed by atoms with E-state index in [2.05, 4.69) is 19.2 Å². The van der Waals surface area contributed by atoms with E-state index in [4.69, 9.17) is 9.84 Å². The summed E-state index contributed by atoms with van der Waals surface area (Å²) in [5.41, 5.74) is 0.725. The maximum atomic E-state index is 13.0. The second-order valence-corrected chi connectivity index (χ2v) is 11.9. The summed E-state index contributed by atoms with van der Waals surface area (Å²) in [6, 6.07) is 0. The van der Waals surface area contributed by atoms with Crippen LogP contribution in [0.2, 0.25) is 0 Å². The normalized spacial score (nSPS) is 37.1. The van der Waals surface area contributed by atoms with E-state index in [0.717, 1.165) is 32.1 Å². The largest absolute Gasteiger partial charge is 0.481 e. The highest BCUT2D eigenvalue weighted by Gasteiger charge is 2.63. The van der Waals surface area contributed by atoms with E-state index in [1.165, 1.54) is 5.57 Å². The van der Waals surface area contributed by atoms with Gasteiger partial charge < -0.3 is 15.2 Å². The van der Waals surface area contributed by atoms with Crippen LogP contribution in [0.25, 0.3) is 0 Å². The molecule has 8 heteroatoms. The zero-order valence-electron chi connectivity index (χ0n) is 21.6. The van der Waals surface area contributed by atoms with Gasteiger partial charge >= 0.3 is 11.9 Å². The number of rotatable bonds is 8. The molecule has 1 amide bonds. The number of carboxylic acids is 1. The highest BCUT2D eigenvalue weighted by atomic mass is 16.5. The first kappa shape index (κ1) is 26.6. The molecule has 0 unspecified atom stereocenters. The van der Waals surface area contributed by atoms with Crippen molar-refractivity contribution in [2.45, 2.75) is 91.1 Å². The Morgan fingerprint density at radius 3 is 2.53 bits per heavy atom. The summed E-state index contributed by atoms with van der Waals surface area (Å²) in [4.78, 5) is 60.5. The molecule has 2 N–H and O–H groups in total. The topological polar surface area (TPSA) is 127 Å². The summed E-state index contributed by atoms with van der Waals surface area (Å²) in [6.45, 7) is 6.11. The molecule has 0 aromatic rings. The average Bonchev–Trinajstić information content (AvgIpc) is 3.14. The Hall–Kier alpha value is -2.51. The third-order valence-corrected chi connectivity index (χ3v) is 9.86. The molecule has 0 radical (unpaired) electrons. The number of ketones is 2. The Morgan fingerprint density at radius 2 is 1.83 bits per heavy atom. The van der Waals surface area contributed by atoms with Gasteiger partial charge in [-0.1, -0.05) is 19.4 Å². The van der Waals surface area contributed by atoms with Gasteiger partial charge in [0.1, 0.15) is 11.9 Å². The van der Waals surface area contributed by atoms with Crippen molar-refractivity contribution in [2.75, 3.05) is 6.54 Å². The quantitative estimate of drug-likeness (QED) is 0.486. The number of esters is 1. The number of allylic oxidation sites excluding steroid dienone is 1. The molecule has 3 fully saturated rings. The Labute approximate surface area is 212 Å². The van der Waals surface area contributed by atoms with Gasteiger partial charge in [-0.05, 0) is 74.2 Å². The number of nitrogens with one attached hydrogen (secondary N) is 1. The maximum Gasteiger partial charge on any atom is 0.306 e. The molecule has 7 atom stereocenters. The lowest BCUT2D eigenvalue weighted by molar-refractivity contribution is -0.178. The van der Waals surface area contributed by atoms with Crippen LogP contribution in [0.5, 0.6) is 0 Å². The fourth-order valence-corrected chi connectivity index (χ4v) is 8.27. The van der Waals surface area contributed by atoms with Gasteiger partial charge in [0.15, 0.2) is 5.78 Å². The van der Waals surface area contributed by atoms with Crippen LogP contribution >= 0.6 is 0 Å². The third-order valence-electron chi connectivity index (χ3n) is 9.86. The van der Waals surface area contributed by atoms with Crippen molar-refractivity contribution < 1.29 is 33.8 Å². The standard InChI is InChI=1S/C28H39NO7/c1-16(30)20-6-7-21-19-5-4-17-14-18(31)10-12-27(17,2)26(19)22(15-28(20,21)3)36-25(35)9-8-23(32)29-13-11-24(33)34/h14,19-22,26H,4-13,15H2,1-3H3,(H,29,32)(H,33,34)/t19-,20+,21-,22+,26+,27-,28+/m0/s1. The molecule has 0 aromatic carbocycles. The Morgan fingerprint density at radius 1 is 1.08 bits per heavy atom. The minimum absolute atomic E-state index is 0.0218. The molecule has 4 rings (SSSR count). The predicted molar refractivity (Wildman–Crippen MR) is 131 cm³/mol. The maximum absolute atomic E-state index is 13.0. The van der Waals surface area contributed by atoms with E-state index in [9.17, 15) is 24.0 Å². The number of ether oxygens (including phenoxy) is 1. The number of Topliss-reactive ketones (excluding diaryl/α,β-unsaturated/α-hetero) is 1. The van der Waals surface area contributed by atoms with Crippen molar-refractivity contribution in [3.05, 3.63) is 11.6 Å². The fraction of sp³-hybridized carbons (Fsp3) is 0.750. The highest BCUT2D eigenvalue weighted by Crippen LogP contribution is 2.67. The molecule has 8 nitrogen and oxygen atoms in total. The summed E-state index contributed by atoms with van der Waals surface area (Å²) in [5.74, 6) is -0.696. The van der Waals surface area contributed by atoms with Crippen molar-refractivity contribution in [1.82, 2.24) is 5.32 Å². The van der Waals surface area contributed by atoms with Gasteiger partial charge in [-0.2, -0.15) is 0 Å². The third kappa shape index (κ3) is 4.88. The lowest BCUT2D eigenvalue weighted by atomic mass is 9.46. The summed E-state index contributed by atoms with van der Waals surface area (Å²) >= 11 is 0. The second kappa shape index (κ2) is 10.1. The molecule has 4 aliphatic carbocycles. The Kier molecular flexibility index (Phi) is 7.45. The van der Waals surface area contributed by atoms with Gasteiger partial charge in [-0.15, -0.1) is 0 Å². The van der Waals surface area contributed by atoms with E-state index >= 15 is 0 Å². The minimum atomic E-state index is -0.997. The highest BCUT2D eigenvalue weighted by molar-refractivity contribution is 5.91. The number of aliphatic carboxylic acids is 1. The summed E-state index contributed by atoms with van der Waals surface area (Å²) in [5, 5.41) is 11.2. The SMILES string of the molecule is CC(=O)[C@H]1CC[C@H]2[C@@H]3CCC4=CC(=O)CC[C@]4(C)[C@H]3[C@H](OC(=O)CCC(=O)NCCC(=O)O)C[C@]12C.